The first kappa shape index (κ1) is 34.8. The monoisotopic (exact) mass is 501 g/mol. The fraction of sp³-hybridized carbons (Fsp3) is 1.00. The van der Waals surface area contributed by atoms with E-state index in [2.05, 4.69) is 5.64 Å². The van der Waals surface area contributed by atoms with E-state index in [-0.39, 0.29) is 0 Å². The van der Waals surface area contributed by atoms with Crippen molar-refractivity contribution in [3.8, 4) is 0 Å². The molecule has 0 aromatic rings. The molecule has 0 unspecified atom stereocenters. The van der Waals surface area contributed by atoms with Gasteiger partial charge < -0.3 is 10.2 Å². The summed E-state index contributed by atoms with van der Waals surface area (Å²) in [4.78, 5) is 10.7. The lowest BCUT2D eigenvalue weighted by Crippen LogP contribution is -2.16. The quantitative estimate of drug-likeness (QED) is 0.0636. The molecule has 0 heterocycles. The summed E-state index contributed by atoms with van der Waals surface area (Å²) < 4.78 is 0. The summed E-state index contributed by atoms with van der Waals surface area (Å²) in [5.74, 6) is 0. The topological polar surface area (TPSA) is 71.0 Å². The number of nitrogens with one attached hydrogen (secondary N) is 1. The molecular weight excluding hydrogens is 438 g/mol. The van der Waals surface area contributed by atoms with E-state index >= 15 is 0 Å². The summed E-state index contributed by atoms with van der Waals surface area (Å²) >= 11 is 0. The first-order valence-electron chi connectivity index (χ1n) is 15.6. The standard InChI is InChI=1S/C30H63NO4/c32-27-23-19-15-11-7-3-1-5-9-13-17-21-25-29-34-31-35-30-26-22-18-14-10-6-2-4-8-12-16-20-24-28-33/h31-33H,1-30H2. The van der Waals surface area contributed by atoms with Crippen LogP contribution in [0.3, 0.4) is 0 Å². The van der Waals surface area contributed by atoms with Gasteiger partial charge in [-0.1, -0.05) is 147 Å². The molecule has 0 aliphatic carbocycles. The number of hydrogen-bond donors (Lipinski definition) is 3. The van der Waals surface area contributed by atoms with E-state index in [0.29, 0.717) is 13.2 Å². The van der Waals surface area contributed by atoms with Crippen LogP contribution < -0.4 is 5.64 Å². The molecule has 0 saturated carbocycles. The van der Waals surface area contributed by atoms with Gasteiger partial charge in [0.15, 0.2) is 0 Å². The van der Waals surface area contributed by atoms with Crippen LogP contribution in [0.5, 0.6) is 0 Å². The van der Waals surface area contributed by atoms with E-state index in [1.807, 2.05) is 0 Å². The highest BCUT2D eigenvalue weighted by Crippen LogP contribution is 2.13. The summed E-state index contributed by atoms with van der Waals surface area (Å²) in [6.07, 6.45) is 33.4. The van der Waals surface area contributed by atoms with Gasteiger partial charge in [0.25, 0.3) is 0 Å². The fourth-order valence-electron chi connectivity index (χ4n) is 4.59. The van der Waals surface area contributed by atoms with Crippen molar-refractivity contribution >= 4 is 0 Å². The predicted molar refractivity (Wildman–Crippen MR) is 149 cm³/mol. The first-order chi connectivity index (χ1) is 17.4. The third kappa shape index (κ3) is 33.8. The van der Waals surface area contributed by atoms with Gasteiger partial charge in [0.2, 0.25) is 0 Å². The molecule has 5 heteroatoms. The SMILES string of the molecule is OCCCCCCCCCCCCCCCONOCCCCCCCCCCCCCCCO. The van der Waals surface area contributed by atoms with Crippen LogP contribution in [0.2, 0.25) is 0 Å². The highest BCUT2D eigenvalue weighted by atomic mass is 16.9. The minimum absolute atomic E-state index is 0.354. The minimum Gasteiger partial charge on any atom is -0.396 e. The van der Waals surface area contributed by atoms with E-state index < -0.39 is 0 Å². The Kier molecular flexibility index (Phi) is 33.6. The van der Waals surface area contributed by atoms with Gasteiger partial charge in [0.1, 0.15) is 0 Å². The molecule has 212 valence electrons. The van der Waals surface area contributed by atoms with Crippen LogP contribution in [0.4, 0.5) is 0 Å². The normalized spacial score (nSPS) is 11.5. The maximum absolute atomic E-state index is 8.76. The van der Waals surface area contributed by atoms with Gasteiger partial charge in [-0.2, -0.15) is 0 Å². The molecule has 0 bridgehead atoms. The molecule has 0 aromatic carbocycles. The molecule has 0 saturated heterocycles. The molecule has 5 nitrogen and oxygen atoms in total. The van der Waals surface area contributed by atoms with Crippen molar-refractivity contribution < 1.29 is 19.9 Å². The Labute approximate surface area is 219 Å². The van der Waals surface area contributed by atoms with Gasteiger partial charge in [-0.05, 0) is 25.7 Å². The van der Waals surface area contributed by atoms with Gasteiger partial charge >= 0.3 is 0 Å². The zero-order valence-electron chi connectivity index (χ0n) is 23.4. The highest BCUT2D eigenvalue weighted by Gasteiger charge is 1.96. The van der Waals surface area contributed by atoms with Crippen molar-refractivity contribution in [3.05, 3.63) is 0 Å². The number of aliphatic hydroxyl groups is 2. The summed E-state index contributed by atoms with van der Waals surface area (Å²) in [6.45, 7) is 2.18. The Hall–Kier alpha value is -0.200. The van der Waals surface area contributed by atoms with Crippen molar-refractivity contribution in [3.63, 3.8) is 0 Å². The van der Waals surface area contributed by atoms with Gasteiger partial charge in [-0.3, -0.25) is 9.68 Å². The third-order valence-corrected chi connectivity index (χ3v) is 6.93. The third-order valence-electron chi connectivity index (χ3n) is 6.93. The first-order valence-corrected chi connectivity index (χ1v) is 15.6. The Bertz CT molecular complexity index is 325. The van der Waals surface area contributed by atoms with Crippen LogP contribution in [0.15, 0.2) is 0 Å². The average molecular weight is 502 g/mol. The van der Waals surface area contributed by atoms with Crippen LogP contribution in [0.25, 0.3) is 0 Å². The number of unbranched alkanes of at least 4 members (excludes halogenated alkanes) is 24. The van der Waals surface area contributed by atoms with Gasteiger partial charge in [0.05, 0.1) is 13.2 Å². The van der Waals surface area contributed by atoms with Crippen molar-refractivity contribution in [2.24, 2.45) is 0 Å². The Morgan fingerprint density at radius 1 is 0.286 bits per heavy atom. The van der Waals surface area contributed by atoms with Gasteiger partial charge in [0, 0.05) is 13.2 Å². The van der Waals surface area contributed by atoms with Crippen molar-refractivity contribution in [2.45, 2.75) is 167 Å². The smallest absolute Gasteiger partial charge is 0.0709 e. The molecule has 0 aromatic heterocycles. The second kappa shape index (κ2) is 33.8. The molecule has 0 spiro atoms. The fourth-order valence-corrected chi connectivity index (χ4v) is 4.59. The Morgan fingerprint density at radius 3 is 0.714 bits per heavy atom. The van der Waals surface area contributed by atoms with Crippen molar-refractivity contribution in [1.29, 1.82) is 0 Å². The van der Waals surface area contributed by atoms with Gasteiger partial charge in [-0.15, -0.1) is 0 Å². The minimum atomic E-state index is 0.354. The molecule has 0 atom stereocenters. The lowest BCUT2D eigenvalue weighted by Gasteiger charge is -2.07. The van der Waals surface area contributed by atoms with E-state index in [4.69, 9.17) is 19.9 Å². The van der Waals surface area contributed by atoms with Crippen LogP contribution in [0.1, 0.15) is 167 Å². The lowest BCUT2D eigenvalue weighted by molar-refractivity contribution is -0.171. The lowest BCUT2D eigenvalue weighted by atomic mass is 10.0. The highest BCUT2D eigenvalue weighted by molar-refractivity contribution is 4.50. The molecule has 0 rings (SSSR count). The molecule has 3 N–H and O–H groups in total. The predicted octanol–water partition coefficient (Wildman–Crippen LogP) is 8.57. The van der Waals surface area contributed by atoms with E-state index in [1.54, 1.807) is 0 Å². The van der Waals surface area contributed by atoms with Gasteiger partial charge in [-0.25, -0.2) is 0 Å². The van der Waals surface area contributed by atoms with Crippen molar-refractivity contribution in [1.82, 2.24) is 5.64 Å². The molecule has 0 fully saturated rings. The Balaban J connectivity index is 3.00. The summed E-state index contributed by atoms with van der Waals surface area (Å²) in [7, 11) is 0. The second-order valence-electron chi connectivity index (χ2n) is 10.4. The summed E-state index contributed by atoms with van der Waals surface area (Å²) in [6, 6.07) is 0. The molecule has 0 aliphatic heterocycles. The van der Waals surface area contributed by atoms with Crippen LogP contribution in [0, 0.1) is 0 Å². The van der Waals surface area contributed by atoms with E-state index in [0.717, 1.165) is 38.9 Å². The summed E-state index contributed by atoms with van der Waals surface area (Å²) in [5, 5.41) is 17.5. The number of aliphatic hydroxyl groups excluding tert-OH is 2. The molecule has 0 aliphatic rings. The number of rotatable bonds is 32. The maximum Gasteiger partial charge on any atom is 0.0709 e. The van der Waals surface area contributed by atoms with E-state index in [1.165, 1.54) is 141 Å². The Morgan fingerprint density at radius 2 is 0.486 bits per heavy atom. The number of hydrogen-bond acceptors (Lipinski definition) is 5. The van der Waals surface area contributed by atoms with Crippen LogP contribution in [-0.2, 0) is 9.68 Å². The zero-order valence-corrected chi connectivity index (χ0v) is 23.4. The molecule has 0 radical (unpaired) electrons. The van der Waals surface area contributed by atoms with Crippen LogP contribution >= 0.6 is 0 Å². The van der Waals surface area contributed by atoms with Crippen LogP contribution in [-0.4, -0.2) is 36.6 Å². The molecule has 35 heavy (non-hydrogen) atoms. The maximum atomic E-state index is 8.76. The average Bonchev–Trinajstić information content (AvgIpc) is 2.87. The van der Waals surface area contributed by atoms with Crippen molar-refractivity contribution in [2.75, 3.05) is 26.4 Å². The zero-order chi connectivity index (χ0) is 25.3. The summed E-state index contributed by atoms with van der Waals surface area (Å²) in [5.41, 5.74) is 2.65. The van der Waals surface area contributed by atoms with E-state index in [9.17, 15) is 0 Å². The second-order valence-corrected chi connectivity index (χ2v) is 10.4. The largest absolute Gasteiger partial charge is 0.396 e. The molecule has 0 amide bonds. The molecular formula is C30H63NO4.